The molecule has 0 bridgehead atoms. The molecule has 2 aromatic rings. The minimum absolute atomic E-state index is 0.0380. The van der Waals surface area contributed by atoms with E-state index in [9.17, 15) is 9.59 Å². The van der Waals surface area contributed by atoms with Crippen molar-refractivity contribution < 1.29 is 19.1 Å². The van der Waals surface area contributed by atoms with Crippen molar-refractivity contribution in [1.29, 1.82) is 5.26 Å². The Bertz CT molecular complexity index is 916. The average molecular weight is 349 g/mol. The number of para-hydroxylation sites is 2. The third-order valence-electron chi connectivity index (χ3n) is 3.72. The van der Waals surface area contributed by atoms with Crippen LogP contribution in [0.5, 0.6) is 11.5 Å². The van der Waals surface area contributed by atoms with E-state index in [4.69, 9.17) is 14.7 Å². The number of amides is 2. The van der Waals surface area contributed by atoms with Crippen molar-refractivity contribution in [3.8, 4) is 17.6 Å². The highest BCUT2D eigenvalue weighted by molar-refractivity contribution is 6.31. The largest absolute Gasteiger partial charge is 0.493 e. The number of ether oxygens (including phenoxy) is 2. The summed E-state index contributed by atoms with van der Waals surface area (Å²) < 4.78 is 10.6. The number of benzene rings is 2. The van der Waals surface area contributed by atoms with Crippen LogP contribution in [0.15, 0.2) is 54.1 Å². The molecule has 0 atom stereocenters. The number of nitriles is 1. The monoisotopic (exact) mass is 349 g/mol. The van der Waals surface area contributed by atoms with Gasteiger partial charge in [0.1, 0.15) is 11.6 Å². The molecule has 1 heterocycles. The van der Waals surface area contributed by atoms with E-state index in [1.54, 1.807) is 42.5 Å². The van der Waals surface area contributed by atoms with Gasteiger partial charge in [-0.2, -0.15) is 5.26 Å². The summed E-state index contributed by atoms with van der Waals surface area (Å²) >= 11 is 0. The van der Waals surface area contributed by atoms with Crippen LogP contribution in [-0.2, 0) is 9.59 Å². The molecule has 2 aromatic carbocycles. The van der Waals surface area contributed by atoms with Gasteiger partial charge in [0.2, 0.25) is 0 Å². The first kappa shape index (κ1) is 17.0. The highest BCUT2D eigenvalue weighted by Crippen LogP contribution is 2.33. The molecule has 0 saturated carbocycles. The Morgan fingerprint density at radius 3 is 2.62 bits per heavy atom. The Kier molecular flexibility index (Phi) is 4.85. The van der Waals surface area contributed by atoms with E-state index in [1.807, 2.05) is 12.1 Å². The van der Waals surface area contributed by atoms with Gasteiger partial charge in [-0.15, -0.1) is 0 Å². The Morgan fingerprint density at radius 2 is 1.92 bits per heavy atom. The van der Waals surface area contributed by atoms with Crippen molar-refractivity contribution >= 4 is 23.6 Å². The molecule has 1 aliphatic rings. The van der Waals surface area contributed by atoms with Crippen LogP contribution in [0.2, 0.25) is 0 Å². The maximum atomic E-state index is 12.7. The van der Waals surface area contributed by atoms with E-state index >= 15 is 0 Å². The zero-order chi connectivity index (χ0) is 18.5. The molecule has 7 heteroatoms. The standard InChI is InChI=1S/C19H15N3O4/c1-25-16-9-5-6-13(17(16)26-11-10-20)12-15-18(23)21-22(19(15)24)14-7-3-2-4-8-14/h2-9,12H,11H2,1H3,(H,21,23). The van der Waals surface area contributed by atoms with Crippen LogP contribution in [0.1, 0.15) is 5.56 Å². The molecule has 1 N–H and O–H groups in total. The molecule has 1 aliphatic heterocycles. The summed E-state index contributed by atoms with van der Waals surface area (Å²) in [6.07, 6.45) is 1.43. The lowest BCUT2D eigenvalue weighted by atomic mass is 10.1. The van der Waals surface area contributed by atoms with Crippen molar-refractivity contribution in [2.24, 2.45) is 0 Å². The molecule has 0 unspecified atom stereocenters. The molecule has 0 aliphatic carbocycles. The molecule has 0 aromatic heterocycles. The van der Waals surface area contributed by atoms with Crippen LogP contribution in [0.3, 0.4) is 0 Å². The van der Waals surface area contributed by atoms with Gasteiger partial charge < -0.3 is 9.47 Å². The second-order valence-electron chi connectivity index (χ2n) is 5.30. The quantitative estimate of drug-likeness (QED) is 0.659. The van der Waals surface area contributed by atoms with Gasteiger partial charge in [-0.25, -0.2) is 5.01 Å². The molecule has 0 radical (unpaired) electrons. The van der Waals surface area contributed by atoms with Gasteiger partial charge in [0.05, 0.1) is 12.8 Å². The first-order chi connectivity index (χ1) is 12.7. The van der Waals surface area contributed by atoms with E-state index in [-0.39, 0.29) is 12.2 Å². The number of hydrazine groups is 1. The van der Waals surface area contributed by atoms with Gasteiger partial charge in [0.15, 0.2) is 18.1 Å². The Hall–Kier alpha value is -3.79. The third-order valence-corrected chi connectivity index (χ3v) is 3.72. The predicted molar refractivity (Wildman–Crippen MR) is 94.1 cm³/mol. The average Bonchev–Trinajstić information content (AvgIpc) is 2.95. The van der Waals surface area contributed by atoms with Gasteiger partial charge in [-0.05, 0) is 24.3 Å². The molecular weight excluding hydrogens is 334 g/mol. The second kappa shape index (κ2) is 7.40. The maximum absolute atomic E-state index is 12.7. The number of rotatable bonds is 5. The Morgan fingerprint density at radius 1 is 1.15 bits per heavy atom. The van der Waals surface area contributed by atoms with Gasteiger partial charge in [-0.3, -0.25) is 15.0 Å². The van der Waals surface area contributed by atoms with Gasteiger partial charge in [0, 0.05) is 5.56 Å². The summed E-state index contributed by atoms with van der Waals surface area (Å²) in [6, 6.07) is 15.7. The van der Waals surface area contributed by atoms with Crippen LogP contribution in [0, 0.1) is 11.3 Å². The number of hydrogen-bond donors (Lipinski definition) is 1. The first-order valence-electron chi connectivity index (χ1n) is 7.74. The van der Waals surface area contributed by atoms with E-state index in [0.717, 1.165) is 0 Å². The number of anilines is 1. The molecule has 3 rings (SSSR count). The number of nitrogens with one attached hydrogen (secondary N) is 1. The normalized spacial score (nSPS) is 14.9. The molecule has 1 saturated heterocycles. The molecule has 7 nitrogen and oxygen atoms in total. The highest BCUT2D eigenvalue weighted by atomic mass is 16.5. The number of carbonyl (C=O) groups is 2. The van der Waals surface area contributed by atoms with Gasteiger partial charge in [-0.1, -0.05) is 30.3 Å². The SMILES string of the molecule is COc1cccc(C=C2C(=O)NN(c3ccccc3)C2=O)c1OCC#N. The van der Waals surface area contributed by atoms with Crippen LogP contribution in [0.4, 0.5) is 5.69 Å². The van der Waals surface area contributed by atoms with E-state index < -0.39 is 11.8 Å². The summed E-state index contributed by atoms with van der Waals surface area (Å²) in [5.41, 5.74) is 3.52. The molecule has 26 heavy (non-hydrogen) atoms. The fourth-order valence-corrected chi connectivity index (χ4v) is 2.54. The van der Waals surface area contributed by atoms with Crippen LogP contribution in [-0.4, -0.2) is 25.5 Å². The summed E-state index contributed by atoms with van der Waals surface area (Å²) in [5.74, 6) is -0.300. The van der Waals surface area contributed by atoms with Gasteiger partial charge in [0.25, 0.3) is 11.8 Å². The third kappa shape index (κ3) is 3.21. The maximum Gasteiger partial charge on any atom is 0.282 e. The number of methoxy groups -OCH3 is 1. The Balaban J connectivity index is 1.99. The van der Waals surface area contributed by atoms with Crippen molar-refractivity contribution in [2.45, 2.75) is 0 Å². The van der Waals surface area contributed by atoms with Crippen molar-refractivity contribution in [3.05, 3.63) is 59.7 Å². The predicted octanol–water partition coefficient (Wildman–Crippen LogP) is 2.06. The summed E-state index contributed by atoms with van der Waals surface area (Å²) in [6.45, 7) is -0.188. The molecule has 1 fully saturated rings. The van der Waals surface area contributed by atoms with E-state index in [1.165, 1.54) is 18.2 Å². The van der Waals surface area contributed by atoms with Crippen LogP contribution < -0.4 is 19.9 Å². The lowest BCUT2D eigenvalue weighted by Crippen LogP contribution is -2.35. The van der Waals surface area contributed by atoms with E-state index in [2.05, 4.69) is 5.43 Å². The van der Waals surface area contributed by atoms with Crippen LogP contribution in [0.25, 0.3) is 6.08 Å². The molecule has 0 spiro atoms. The summed E-state index contributed by atoms with van der Waals surface area (Å²) in [5, 5.41) is 9.94. The lowest BCUT2D eigenvalue weighted by molar-refractivity contribution is -0.117. The zero-order valence-corrected chi connectivity index (χ0v) is 13.9. The number of carbonyl (C=O) groups excluding carboxylic acids is 2. The molecule has 130 valence electrons. The Labute approximate surface area is 150 Å². The van der Waals surface area contributed by atoms with E-state index in [0.29, 0.717) is 22.7 Å². The smallest absolute Gasteiger partial charge is 0.282 e. The number of hydrogen-bond acceptors (Lipinski definition) is 5. The topological polar surface area (TPSA) is 91.7 Å². The molecular formula is C19H15N3O4. The summed E-state index contributed by atoms with van der Waals surface area (Å²) in [4.78, 5) is 24.9. The van der Waals surface area contributed by atoms with Crippen molar-refractivity contribution in [1.82, 2.24) is 5.43 Å². The summed E-state index contributed by atoms with van der Waals surface area (Å²) in [7, 11) is 1.47. The van der Waals surface area contributed by atoms with Crippen molar-refractivity contribution in [3.63, 3.8) is 0 Å². The minimum Gasteiger partial charge on any atom is -0.493 e. The first-order valence-corrected chi connectivity index (χ1v) is 7.74. The minimum atomic E-state index is -0.520. The highest BCUT2D eigenvalue weighted by Gasteiger charge is 2.34. The van der Waals surface area contributed by atoms with Crippen LogP contribution >= 0.6 is 0 Å². The lowest BCUT2D eigenvalue weighted by Gasteiger charge is -2.14. The zero-order valence-electron chi connectivity index (χ0n) is 13.9. The number of nitrogens with zero attached hydrogens (tertiary/aromatic N) is 2. The molecule has 2 amide bonds. The fraction of sp³-hybridized carbons (Fsp3) is 0.105. The second-order valence-corrected chi connectivity index (χ2v) is 5.30. The van der Waals surface area contributed by atoms with Gasteiger partial charge >= 0.3 is 0 Å². The van der Waals surface area contributed by atoms with Crippen molar-refractivity contribution in [2.75, 3.05) is 18.7 Å². The fourth-order valence-electron chi connectivity index (χ4n) is 2.54.